The zero-order valence-corrected chi connectivity index (χ0v) is 10.6. The average molecular weight is 263 g/mol. The molecule has 2 aromatic rings. The molecular formula is C14H15F2N3. The summed E-state index contributed by atoms with van der Waals surface area (Å²) in [4.78, 5) is 3.90. The number of aromatic nitrogens is 1. The van der Waals surface area contributed by atoms with Crippen molar-refractivity contribution in [1.82, 2.24) is 4.98 Å². The maximum absolute atomic E-state index is 13.6. The van der Waals surface area contributed by atoms with Crippen molar-refractivity contribution in [2.45, 2.75) is 13.5 Å². The molecule has 2 rings (SSSR count). The van der Waals surface area contributed by atoms with Gasteiger partial charge in [0, 0.05) is 19.2 Å². The third-order valence-electron chi connectivity index (χ3n) is 2.58. The molecule has 0 saturated heterocycles. The van der Waals surface area contributed by atoms with Gasteiger partial charge in [-0.15, -0.1) is 0 Å². The summed E-state index contributed by atoms with van der Waals surface area (Å²) in [7, 11) is 0. The molecular weight excluding hydrogens is 248 g/mol. The zero-order valence-electron chi connectivity index (χ0n) is 10.6. The molecule has 0 radical (unpaired) electrons. The van der Waals surface area contributed by atoms with Crippen molar-refractivity contribution in [2.75, 3.05) is 17.2 Å². The normalized spacial score (nSPS) is 10.3. The van der Waals surface area contributed by atoms with Crippen LogP contribution in [0.4, 0.5) is 20.4 Å². The summed E-state index contributed by atoms with van der Waals surface area (Å²) in [6.07, 6.45) is 0. The molecule has 19 heavy (non-hydrogen) atoms. The third kappa shape index (κ3) is 3.40. The highest BCUT2D eigenvalue weighted by molar-refractivity contribution is 5.47. The molecule has 0 atom stereocenters. The van der Waals surface area contributed by atoms with Gasteiger partial charge in [0.15, 0.2) is 23.3 Å². The van der Waals surface area contributed by atoms with Gasteiger partial charge in [0.25, 0.3) is 0 Å². The van der Waals surface area contributed by atoms with Crippen molar-refractivity contribution < 1.29 is 8.78 Å². The molecule has 0 unspecified atom stereocenters. The molecule has 1 aromatic carbocycles. The van der Waals surface area contributed by atoms with Gasteiger partial charge in [0.05, 0.1) is 0 Å². The van der Waals surface area contributed by atoms with Gasteiger partial charge in [0.2, 0.25) is 0 Å². The predicted octanol–water partition coefficient (Wildman–Crippen LogP) is 3.40. The summed E-state index contributed by atoms with van der Waals surface area (Å²) in [5.74, 6) is -1.29. The number of halogens is 2. The van der Waals surface area contributed by atoms with E-state index >= 15 is 0 Å². The standard InChI is InChI=1S/C14H15F2N3/c1-2-17-13-11(15)8-12(16)14(19-13)18-9-10-6-4-3-5-7-10/h3-8H,2,9H2,1H3,(H2,17,18,19). The van der Waals surface area contributed by atoms with E-state index in [4.69, 9.17) is 0 Å². The van der Waals surface area contributed by atoms with Crippen molar-refractivity contribution >= 4 is 11.6 Å². The first kappa shape index (κ1) is 13.3. The molecule has 0 bridgehead atoms. The quantitative estimate of drug-likeness (QED) is 0.868. The molecule has 3 nitrogen and oxygen atoms in total. The van der Waals surface area contributed by atoms with Gasteiger partial charge in [-0.05, 0) is 12.5 Å². The van der Waals surface area contributed by atoms with Crippen molar-refractivity contribution in [3.8, 4) is 0 Å². The SMILES string of the molecule is CCNc1nc(NCc2ccccc2)c(F)cc1F. The molecule has 0 saturated carbocycles. The van der Waals surface area contributed by atoms with Crippen LogP contribution in [0.15, 0.2) is 36.4 Å². The zero-order chi connectivity index (χ0) is 13.7. The van der Waals surface area contributed by atoms with Gasteiger partial charge in [-0.25, -0.2) is 13.8 Å². The smallest absolute Gasteiger partial charge is 0.168 e. The molecule has 0 aliphatic rings. The third-order valence-corrected chi connectivity index (χ3v) is 2.58. The Morgan fingerprint density at radius 2 is 1.63 bits per heavy atom. The fraction of sp³-hybridized carbons (Fsp3) is 0.214. The van der Waals surface area contributed by atoms with E-state index in [2.05, 4.69) is 15.6 Å². The first-order chi connectivity index (χ1) is 9.20. The van der Waals surface area contributed by atoms with Gasteiger partial charge in [-0.2, -0.15) is 0 Å². The highest BCUT2D eigenvalue weighted by Gasteiger charge is 2.10. The van der Waals surface area contributed by atoms with Crippen molar-refractivity contribution in [2.24, 2.45) is 0 Å². The second-order valence-corrected chi connectivity index (χ2v) is 4.02. The number of nitrogens with one attached hydrogen (secondary N) is 2. The van der Waals surface area contributed by atoms with Gasteiger partial charge in [0.1, 0.15) is 0 Å². The van der Waals surface area contributed by atoms with Crippen molar-refractivity contribution in [1.29, 1.82) is 0 Å². The van der Waals surface area contributed by atoms with Crippen molar-refractivity contribution in [3.63, 3.8) is 0 Å². The number of benzene rings is 1. The van der Waals surface area contributed by atoms with Gasteiger partial charge in [-0.1, -0.05) is 30.3 Å². The summed E-state index contributed by atoms with van der Waals surface area (Å²) < 4.78 is 27.0. The summed E-state index contributed by atoms with van der Waals surface area (Å²) in [5, 5.41) is 5.61. The molecule has 1 heterocycles. The number of rotatable bonds is 5. The Morgan fingerprint density at radius 1 is 1.00 bits per heavy atom. The van der Waals surface area contributed by atoms with Gasteiger partial charge >= 0.3 is 0 Å². The molecule has 0 spiro atoms. The molecule has 0 fully saturated rings. The van der Waals surface area contributed by atoms with E-state index in [1.165, 1.54) is 0 Å². The molecule has 0 aliphatic heterocycles. The Kier molecular flexibility index (Phi) is 4.28. The first-order valence-electron chi connectivity index (χ1n) is 6.08. The van der Waals surface area contributed by atoms with Crippen molar-refractivity contribution in [3.05, 3.63) is 53.6 Å². The minimum Gasteiger partial charge on any atom is -0.368 e. The number of nitrogens with zero attached hydrogens (tertiary/aromatic N) is 1. The van der Waals surface area contributed by atoms with Crippen LogP contribution in [-0.4, -0.2) is 11.5 Å². The van der Waals surface area contributed by atoms with Crippen LogP contribution in [0.2, 0.25) is 0 Å². The second-order valence-electron chi connectivity index (χ2n) is 4.02. The summed E-state index contributed by atoms with van der Waals surface area (Å²) in [6.45, 7) is 2.77. The Hall–Kier alpha value is -2.17. The molecule has 100 valence electrons. The van der Waals surface area contributed by atoms with E-state index < -0.39 is 11.6 Å². The van der Waals surface area contributed by atoms with Crippen LogP contribution in [0.25, 0.3) is 0 Å². The van der Waals surface area contributed by atoms with Gasteiger partial charge in [-0.3, -0.25) is 0 Å². The average Bonchev–Trinajstić information content (AvgIpc) is 2.42. The van der Waals surface area contributed by atoms with Crippen LogP contribution in [0.3, 0.4) is 0 Å². The number of hydrogen-bond donors (Lipinski definition) is 2. The minimum absolute atomic E-state index is 0.0428. The molecule has 1 aromatic heterocycles. The number of anilines is 2. The topological polar surface area (TPSA) is 37.0 Å². The van der Waals surface area contributed by atoms with E-state index in [1.807, 2.05) is 37.3 Å². The minimum atomic E-state index is -0.699. The maximum Gasteiger partial charge on any atom is 0.168 e. The molecule has 5 heteroatoms. The van der Waals surface area contributed by atoms with E-state index in [0.717, 1.165) is 11.6 Å². The van der Waals surface area contributed by atoms with Crippen LogP contribution < -0.4 is 10.6 Å². The Morgan fingerprint density at radius 3 is 2.26 bits per heavy atom. The number of pyridine rings is 1. The predicted molar refractivity (Wildman–Crippen MR) is 72.1 cm³/mol. The van der Waals surface area contributed by atoms with E-state index in [-0.39, 0.29) is 11.6 Å². The maximum atomic E-state index is 13.6. The van der Waals surface area contributed by atoms with Crippen LogP contribution >= 0.6 is 0 Å². The lowest BCUT2D eigenvalue weighted by atomic mass is 10.2. The fourth-order valence-electron chi connectivity index (χ4n) is 1.66. The monoisotopic (exact) mass is 263 g/mol. The lowest BCUT2D eigenvalue weighted by molar-refractivity contribution is 0.578. The highest BCUT2D eigenvalue weighted by Crippen LogP contribution is 2.19. The van der Waals surface area contributed by atoms with E-state index in [1.54, 1.807) is 0 Å². The number of hydrogen-bond acceptors (Lipinski definition) is 3. The summed E-state index contributed by atoms with van der Waals surface area (Å²) in [6, 6.07) is 10.4. The lowest BCUT2D eigenvalue weighted by Gasteiger charge is -2.10. The largest absolute Gasteiger partial charge is 0.368 e. The molecule has 0 amide bonds. The van der Waals surface area contributed by atoms with Crippen LogP contribution in [0.5, 0.6) is 0 Å². The Balaban J connectivity index is 2.13. The van der Waals surface area contributed by atoms with Crippen LogP contribution in [-0.2, 0) is 6.54 Å². The van der Waals surface area contributed by atoms with E-state index in [0.29, 0.717) is 13.1 Å². The highest BCUT2D eigenvalue weighted by atomic mass is 19.1. The van der Waals surface area contributed by atoms with E-state index in [9.17, 15) is 8.78 Å². The first-order valence-corrected chi connectivity index (χ1v) is 6.08. The second kappa shape index (κ2) is 6.13. The Bertz CT molecular complexity index is 544. The molecule has 0 aliphatic carbocycles. The van der Waals surface area contributed by atoms with Crippen LogP contribution in [0.1, 0.15) is 12.5 Å². The van der Waals surface area contributed by atoms with Gasteiger partial charge < -0.3 is 10.6 Å². The summed E-state index contributed by atoms with van der Waals surface area (Å²) >= 11 is 0. The fourth-order valence-corrected chi connectivity index (χ4v) is 1.66. The summed E-state index contributed by atoms with van der Waals surface area (Å²) in [5.41, 5.74) is 0.998. The lowest BCUT2D eigenvalue weighted by Crippen LogP contribution is -2.08. The van der Waals surface area contributed by atoms with Crippen LogP contribution in [0, 0.1) is 11.6 Å². The Labute approximate surface area is 110 Å². The molecule has 2 N–H and O–H groups in total.